The predicted molar refractivity (Wildman–Crippen MR) is 537 cm³/mol. The molecule has 604 valence electrons. The maximum Gasteiger partial charge on any atom is 0.0714 e. The second-order valence-corrected chi connectivity index (χ2v) is 33.5. The van der Waals surface area contributed by atoms with Crippen LogP contribution in [-0.2, 0) is 16.2 Å². The van der Waals surface area contributed by atoms with E-state index in [1.807, 2.05) is 0 Å². The van der Waals surface area contributed by atoms with E-state index in [4.69, 9.17) is 0 Å². The zero-order valence-corrected chi connectivity index (χ0v) is 70.7. The first-order chi connectivity index (χ1) is 63.4. The highest BCUT2D eigenvalue weighted by atomic mass is 14.9. The summed E-state index contributed by atoms with van der Waals surface area (Å²) in [4.78, 5) is 0. The molecule has 0 saturated heterocycles. The van der Waals surface area contributed by atoms with Crippen LogP contribution in [0.3, 0.4) is 0 Å². The minimum Gasteiger partial charge on any atom is -0.356 e. The third-order valence-electron chi connectivity index (χ3n) is 26.4. The van der Waals surface area contributed by atoms with Crippen molar-refractivity contribution in [1.82, 2.24) is 0 Å². The fourth-order valence-corrected chi connectivity index (χ4v) is 20.7. The number of nitrogens with one attached hydrogen (secondary N) is 3. The van der Waals surface area contributed by atoms with Gasteiger partial charge in [0, 0.05) is 34.1 Å². The van der Waals surface area contributed by atoms with Gasteiger partial charge in [-0.1, -0.05) is 443 Å². The maximum atomic E-state index is 3.72. The molecule has 0 unspecified atom stereocenters. The van der Waals surface area contributed by atoms with E-state index in [-0.39, 0.29) is 0 Å². The van der Waals surface area contributed by atoms with Crippen LogP contribution in [0, 0.1) is 0 Å². The van der Waals surface area contributed by atoms with Crippen LogP contribution in [0.25, 0.3) is 99.4 Å². The van der Waals surface area contributed by atoms with Crippen LogP contribution in [-0.4, -0.2) is 0 Å². The standard InChI is InChI=1S/C43H31N.2C41H29N/c1-4-13-31(14-5-1)33-15-12-16-34(29-33)32-23-25-37(26-24-32)44-38-27-28-40-39-21-10-11-22-41(39)43(42(40)30-38,35-17-6-2-7-18-35)36-19-8-3-9-20-36;1-4-12-29(13-5-1)30-20-23-34(24-21-30)42-35-25-26-37-39(28-35)41(32-15-6-2-7-16-32,33-17-8-3-9-18-33)38-27-22-31-14-10-11-19-36(31)40(37)38;1-3-14-31(15-4-1)41(32-16-5-2-6-17-32)39-21-10-9-19-37(39)38-27-26-34(28-40(38)41)42-33-24-22-30(23-25-33)36-20-11-13-29-12-7-8-18-35(29)36/h1-30,44H;2*1-28,42H. The van der Waals surface area contributed by atoms with Gasteiger partial charge in [-0.25, -0.2) is 0 Å². The summed E-state index contributed by atoms with van der Waals surface area (Å²) in [6.45, 7) is 0. The third kappa shape index (κ3) is 13.8. The summed E-state index contributed by atoms with van der Waals surface area (Å²) in [5.74, 6) is 0. The minimum atomic E-state index is -0.438. The van der Waals surface area contributed by atoms with E-state index >= 15 is 0 Å². The van der Waals surface area contributed by atoms with Gasteiger partial charge in [-0.05, 0) is 245 Å². The number of hydrogen-bond acceptors (Lipinski definition) is 3. The van der Waals surface area contributed by atoms with Crippen molar-refractivity contribution < 1.29 is 0 Å². The molecule has 24 rings (SSSR count). The van der Waals surface area contributed by atoms with Gasteiger partial charge in [0.15, 0.2) is 0 Å². The van der Waals surface area contributed by atoms with Crippen LogP contribution in [0.15, 0.2) is 522 Å². The first-order valence-corrected chi connectivity index (χ1v) is 44.2. The Morgan fingerprint density at radius 2 is 0.398 bits per heavy atom. The zero-order valence-electron chi connectivity index (χ0n) is 70.7. The summed E-state index contributed by atoms with van der Waals surface area (Å²) < 4.78 is 0. The molecule has 3 N–H and O–H groups in total. The normalized spacial score (nSPS) is 12.9. The van der Waals surface area contributed by atoms with Crippen molar-refractivity contribution in [1.29, 1.82) is 0 Å². The molecule has 0 spiro atoms. The molecule has 0 heterocycles. The molecule has 0 fully saturated rings. The number of rotatable bonds is 16. The van der Waals surface area contributed by atoms with Gasteiger partial charge in [-0.2, -0.15) is 0 Å². The van der Waals surface area contributed by atoms with Gasteiger partial charge in [-0.3, -0.25) is 0 Å². The summed E-state index contributed by atoms with van der Waals surface area (Å²) in [5, 5.41) is 16.2. The van der Waals surface area contributed by atoms with Crippen molar-refractivity contribution in [2.75, 3.05) is 16.0 Å². The quantitative estimate of drug-likeness (QED) is 0.0902. The molecule has 0 radical (unpaired) electrons. The summed E-state index contributed by atoms with van der Waals surface area (Å²) in [6, 6.07) is 189. The molecule has 0 amide bonds. The summed E-state index contributed by atoms with van der Waals surface area (Å²) in [6.07, 6.45) is 0. The molecule has 21 aromatic rings. The average molecular weight is 1630 g/mol. The Morgan fingerprint density at radius 3 is 0.820 bits per heavy atom. The molecule has 128 heavy (non-hydrogen) atoms. The van der Waals surface area contributed by atoms with E-state index in [1.165, 1.54) is 166 Å². The number of fused-ring (bicyclic) bond motifs is 12. The minimum absolute atomic E-state index is 0.398. The molecule has 3 nitrogen and oxygen atoms in total. The lowest BCUT2D eigenvalue weighted by atomic mass is 9.67. The van der Waals surface area contributed by atoms with Crippen LogP contribution in [0.1, 0.15) is 66.8 Å². The zero-order chi connectivity index (χ0) is 85.2. The largest absolute Gasteiger partial charge is 0.356 e. The van der Waals surface area contributed by atoms with Gasteiger partial charge < -0.3 is 16.0 Å². The molecule has 0 aromatic heterocycles. The third-order valence-corrected chi connectivity index (χ3v) is 26.4. The summed E-state index contributed by atoms with van der Waals surface area (Å²) in [7, 11) is 0. The lowest BCUT2D eigenvalue weighted by Crippen LogP contribution is -2.28. The van der Waals surface area contributed by atoms with Crippen LogP contribution in [0.4, 0.5) is 34.1 Å². The van der Waals surface area contributed by atoms with Gasteiger partial charge in [-0.15, -0.1) is 0 Å². The number of anilines is 6. The maximum absolute atomic E-state index is 3.72. The second-order valence-electron chi connectivity index (χ2n) is 33.5. The van der Waals surface area contributed by atoms with Gasteiger partial charge in [0.25, 0.3) is 0 Å². The first-order valence-electron chi connectivity index (χ1n) is 44.2. The summed E-state index contributed by atoms with van der Waals surface area (Å²) in [5.41, 5.74) is 38.3. The van der Waals surface area contributed by atoms with Crippen molar-refractivity contribution in [3.8, 4) is 77.9 Å². The molecule has 0 bridgehead atoms. The Kier molecular flexibility index (Phi) is 20.4. The average Bonchev–Trinajstić information content (AvgIpc) is 1.55. The molecular formula is C125H89N3. The number of hydrogen-bond donors (Lipinski definition) is 3. The molecule has 3 aliphatic rings. The lowest BCUT2D eigenvalue weighted by Gasteiger charge is -2.34. The smallest absolute Gasteiger partial charge is 0.0714 e. The van der Waals surface area contributed by atoms with E-state index < -0.39 is 16.2 Å². The Morgan fingerprint density at radius 1 is 0.133 bits per heavy atom. The van der Waals surface area contributed by atoms with Gasteiger partial charge in [0.2, 0.25) is 0 Å². The van der Waals surface area contributed by atoms with Crippen LogP contribution >= 0.6 is 0 Å². The topological polar surface area (TPSA) is 36.1 Å². The van der Waals surface area contributed by atoms with Crippen molar-refractivity contribution in [3.05, 3.63) is 588 Å². The van der Waals surface area contributed by atoms with Gasteiger partial charge in [0.05, 0.1) is 16.2 Å². The molecule has 0 atom stereocenters. The Balaban J connectivity index is 0.000000113. The fraction of sp³-hybridized carbons (Fsp3) is 0.0240. The lowest BCUT2D eigenvalue weighted by molar-refractivity contribution is 0.769. The predicted octanol–water partition coefficient (Wildman–Crippen LogP) is 32.4. The monoisotopic (exact) mass is 1630 g/mol. The molecule has 3 aliphatic carbocycles. The highest BCUT2D eigenvalue weighted by Crippen LogP contribution is 2.61. The summed E-state index contributed by atoms with van der Waals surface area (Å²) >= 11 is 0. The SMILES string of the molecule is c1ccc(-c2ccc(Nc3ccc4c(c3)C(c3ccccc3)(c3ccccc3)c3ccc5ccccc5c3-4)cc2)cc1.c1ccc(-c2cccc(-c3ccc(Nc4ccc5c(c4)C(c4ccccc4)(c4ccccc4)c4ccccc4-5)cc3)c2)cc1.c1ccc(C2(c3ccccc3)c3ccccc3-c3ccc(Nc4ccc(-c5cccc6ccccc56)cc4)cc32)cc1. The van der Waals surface area contributed by atoms with E-state index in [2.05, 4.69) is 538 Å². The van der Waals surface area contributed by atoms with Crippen molar-refractivity contribution in [2.45, 2.75) is 16.2 Å². The molecular weight excluding hydrogens is 1540 g/mol. The molecule has 0 saturated carbocycles. The van der Waals surface area contributed by atoms with E-state index in [9.17, 15) is 0 Å². The van der Waals surface area contributed by atoms with Crippen LogP contribution in [0.5, 0.6) is 0 Å². The van der Waals surface area contributed by atoms with Crippen molar-refractivity contribution >= 4 is 55.7 Å². The Labute approximate surface area is 749 Å². The van der Waals surface area contributed by atoms with Crippen molar-refractivity contribution in [3.63, 3.8) is 0 Å². The van der Waals surface area contributed by atoms with E-state index in [0.717, 1.165) is 34.1 Å². The Hall–Kier alpha value is -16.5. The van der Waals surface area contributed by atoms with Crippen molar-refractivity contribution in [2.24, 2.45) is 0 Å². The van der Waals surface area contributed by atoms with E-state index in [1.54, 1.807) is 0 Å². The van der Waals surface area contributed by atoms with Crippen LogP contribution in [0.2, 0.25) is 0 Å². The van der Waals surface area contributed by atoms with Crippen LogP contribution < -0.4 is 16.0 Å². The highest BCUT2D eigenvalue weighted by Gasteiger charge is 2.49. The second kappa shape index (κ2) is 33.6. The van der Waals surface area contributed by atoms with Gasteiger partial charge >= 0.3 is 0 Å². The van der Waals surface area contributed by atoms with E-state index in [0.29, 0.717) is 0 Å². The first kappa shape index (κ1) is 77.6. The molecule has 3 heteroatoms. The Bertz CT molecular complexity index is 7450. The molecule has 0 aliphatic heterocycles. The van der Waals surface area contributed by atoms with Gasteiger partial charge in [0.1, 0.15) is 0 Å². The number of benzene rings is 21. The fourth-order valence-electron chi connectivity index (χ4n) is 20.7. The highest BCUT2D eigenvalue weighted by molar-refractivity contribution is 6.05. The molecule has 21 aromatic carbocycles.